The smallest absolute Gasteiger partial charge is 0.0431 e. The second-order valence-corrected chi connectivity index (χ2v) is 13.6. The first-order chi connectivity index (χ1) is 20.8. The summed E-state index contributed by atoms with van der Waals surface area (Å²) < 4.78 is 0. The third-order valence-corrected chi connectivity index (χ3v) is 9.34. The molecule has 2 N–H and O–H groups in total. The molecule has 3 nitrogen and oxygen atoms in total. The van der Waals surface area contributed by atoms with E-state index in [1.165, 1.54) is 219 Å². The highest BCUT2D eigenvalue weighted by molar-refractivity contribution is 4.61. The molecule has 0 unspecified atom stereocenters. The zero-order valence-electron chi connectivity index (χ0n) is 29.2. The van der Waals surface area contributed by atoms with Crippen molar-refractivity contribution >= 4 is 0 Å². The molecule has 42 heavy (non-hydrogen) atoms. The Bertz CT molecular complexity index is 430. The van der Waals surface area contributed by atoms with Gasteiger partial charge in [0.1, 0.15) is 0 Å². The first-order valence-corrected chi connectivity index (χ1v) is 19.8. The van der Waals surface area contributed by atoms with Crippen molar-refractivity contribution in [1.82, 2.24) is 4.90 Å². The van der Waals surface area contributed by atoms with Gasteiger partial charge in [-0.05, 0) is 51.7 Å². The zero-order valence-corrected chi connectivity index (χ0v) is 29.2. The summed E-state index contributed by atoms with van der Waals surface area (Å²) in [5.41, 5.74) is 0. The fourth-order valence-electron chi connectivity index (χ4n) is 6.41. The minimum Gasteiger partial charge on any atom is -0.396 e. The minimum atomic E-state index is 0.366. The topological polar surface area (TPSA) is 43.7 Å². The fourth-order valence-corrected chi connectivity index (χ4v) is 6.41. The Labute approximate surface area is 266 Å². The Morgan fingerprint density at radius 1 is 0.262 bits per heavy atom. The van der Waals surface area contributed by atoms with E-state index in [1.54, 1.807) is 0 Å². The third kappa shape index (κ3) is 36.1. The average Bonchev–Trinajstić information content (AvgIpc) is 3.00. The van der Waals surface area contributed by atoms with Crippen LogP contribution in [0.2, 0.25) is 0 Å². The number of rotatable bonds is 38. The largest absolute Gasteiger partial charge is 0.396 e. The third-order valence-electron chi connectivity index (χ3n) is 9.34. The molecule has 0 aromatic rings. The first-order valence-electron chi connectivity index (χ1n) is 19.8. The summed E-state index contributed by atoms with van der Waals surface area (Å²) in [6.45, 7) is 7.04. The van der Waals surface area contributed by atoms with E-state index >= 15 is 0 Å². The van der Waals surface area contributed by atoms with E-state index in [9.17, 15) is 0 Å². The monoisotopic (exact) mass is 596 g/mol. The summed E-state index contributed by atoms with van der Waals surface area (Å²) in [5.74, 6) is 0. The summed E-state index contributed by atoms with van der Waals surface area (Å²) in [6, 6.07) is 0. The van der Waals surface area contributed by atoms with E-state index in [4.69, 9.17) is 10.2 Å². The molecular weight excluding hydrogens is 514 g/mol. The van der Waals surface area contributed by atoms with E-state index in [0.717, 1.165) is 12.8 Å². The molecule has 0 saturated carbocycles. The summed E-state index contributed by atoms with van der Waals surface area (Å²) in [6.07, 6.45) is 45.4. The number of aliphatic hydroxyl groups excluding tert-OH is 2. The zero-order chi connectivity index (χ0) is 30.4. The molecule has 254 valence electrons. The highest BCUT2D eigenvalue weighted by Gasteiger charge is 2.05. The average molecular weight is 596 g/mol. The van der Waals surface area contributed by atoms with Crippen LogP contribution >= 0.6 is 0 Å². The van der Waals surface area contributed by atoms with Crippen LogP contribution in [-0.4, -0.2) is 48.0 Å². The van der Waals surface area contributed by atoms with Gasteiger partial charge in [-0.2, -0.15) is 0 Å². The molecule has 0 heterocycles. The van der Waals surface area contributed by atoms with Crippen LogP contribution < -0.4 is 0 Å². The van der Waals surface area contributed by atoms with Crippen LogP contribution in [0.1, 0.15) is 219 Å². The van der Waals surface area contributed by atoms with Gasteiger partial charge in [-0.1, -0.05) is 187 Å². The normalized spacial score (nSPS) is 11.7. The Balaban J connectivity index is 3.89. The van der Waals surface area contributed by atoms with Gasteiger partial charge in [0.25, 0.3) is 0 Å². The van der Waals surface area contributed by atoms with E-state index in [0.29, 0.717) is 13.2 Å². The number of unbranched alkanes of at least 4 members (excludes halogenated alkanes) is 30. The van der Waals surface area contributed by atoms with Crippen LogP contribution in [0.25, 0.3) is 0 Å². The quantitative estimate of drug-likeness (QED) is 0.0698. The van der Waals surface area contributed by atoms with Crippen molar-refractivity contribution in [2.45, 2.75) is 219 Å². The van der Waals surface area contributed by atoms with Gasteiger partial charge in [-0.3, -0.25) is 0 Å². The van der Waals surface area contributed by atoms with Gasteiger partial charge < -0.3 is 15.1 Å². The molecule has 3 heteroatoms. The van der Waals surface area contributed by atoms with Gasteiger partial charge in [0.2, 0.25) is 0 Å². The molecule has 0 radical (unpaired) electrons. The van der Waals surface area contributed by atoms with Crippen LogP contribution in [0.15, 0.2) is 0 Å². The lowest BCUT2D eigenvalue weighted by Gasteiger charge is -2.22. The Kier molecular flexibility index (Phi) is 38.8. The van der Waals surface area contributed by atoms with Crippen LogP contribution in [-0.2, 0) is 0 Å². The van der Waals surface area contributed by atoms with Crippen LogP contribution in [0, 0.1) is 0 Å². The SMILES string of the molecule is CCCCCCCCCCCCCN(CCCCCCCCCCCCCO)CCCCCCCCCCCCCO. The summed E-state index contributed by atoms with van der Waals surface area (Å²) in [4.78, 5) is 2.83. The van der Waals surface area contributed by atoms with E-state index < -0.39 is 0 Å². The van der Waals surface area contributed by atoms with Crippen LogP contribution in [0.4, 0.5) is 0 Å². The second-order valence-electron chi connectivity index (χ2n) is 13.6. The summed E-state index contributed by atoms with van der Waals surface area (Å²) in [7, 11) is 0. The van der Waals surface area contributed by atoms with E-state index in [-0.39, 0.29) is 0 Å². The molecule has 0 aliphatic carbocycles. The van der Waals surface area contributed by atoms with Crippen molar-refractivity contribution in [3.05, 3.63) is 0 Å². The van der Waals surface area contributed by atoms with Crippen LogP contribution in [0.5, 0.6) is 0 Å². The highest BCUT2D eigenvalue weighted by Crippen LogP contribution is 2.15. The van der Waals surface area contributed by atoms with Gasteiger partial charge in [-0.15, -0.1) is 0 Å². The Hall–Kier alpha value is -0.120. The van der Waals surface area contributed by atoms with Crippen molar-refractivity contribution in [3.63, 3.8) is 0 Å². The van der Waals surface area contributed by atoms with Crippen molar-refractivity contribution in [1.29, 1.82) is 0 Å². The first kappa shape index (κ1) is 41.9. The molecule has 0 rings (SSSR count). The lowest BCUT2D eigenvalue weighted by atomic mass is 10.0. The number of hydrogen-bond donors (Lipinski definition) is 2. The minimum absolute atomic E-state index is 0.366. The van der Waals surface area contributed by atoms with Crippen molar-refractivity contribution in [2.24, 2.45) is 0 Å². The summed E-state index contributed by atoms with van der Waals surface area (Å²) >= 11 is 0. The van der Waals surface area contributed by atoms with Gasteiger partial charge in [0, 0.05) is 13.2 Å². The van der Waals surface area contributed by atoms with Gasteiger partial charge in [0.05, 0.1) is 0 Å². The Morgan fingerprint density at radius 3 is 0.667 bits per heavy atom. The molecule has 0 amide bonds. The molecule has 0 aromatic heterocycles. The van der Waals surface area contributed by atoms with Crippen molar-refractivity contribution in [2.75, 3.05) is 32.8 Å². The number of nitrogens with zero attached hydrogens (tertiary/aromatic N) is 1. The maximum atomic E-state index is 8.87. The Morgan fingerprint density at radius 2 is 0.452 bits per heavy atom. The molecule has 0 atom stereocenters. The van der Waals surface area contributed by atoms with Gasteiger partial charge >= 0.3 is 0 Å². The van der Waals surface area contributed by atoms with Crippen LogP contribution in [0.3, 0.4) is 0 Å². The molecule has 0 bridgehead atoms. The lowest BCUT2D eigenvalue weighted by Crippen LogP contribution is -2.27. The summed E-state index contributed by atoms with van der Waals surface area (Å²) in [5, 5.41) is 17.7. The van der Waals surface area contributed by atoms with Gasteiger partial charge in [0.15, 0.2) is 0 Å². The van der Waals surface area contributed by atoms with E-state index in [2.05, 4.69) is 11.8 Å². The maximum Gasteiger partial charge on any atom is 0.0431 e. The van der Waals surface area contributed by atoms with Crippen molar-refractivity contribution in [3.8, 4) is 0 Å². The standard InChI is InChI=1S/C39H81NO2/c1-2-3-4-5-6-7-10-15-20-25-30-35-40(36-31-26-21-16-11-8-13-18-23-28-33-38-41)37-32-27-22-17-12-9-14-19-24-29-34-39-42/h41-42H,2-39H2,1H3. The molecule has 0 aliphatic heterocycles. The van der Waals surface area contributed by atoms with E-state index in [1.807, 2.05) is 0 Å². The fraction of sp³-hybridized carbons (Fsp3) is 1.00. The molecule has 0 aliphatic rings. The second kappa shape index (κ2) is 38.9. The number of hydrogen-bond acceptors (Lipinski definition) is 3. The molecule has 0 saturated heterocycles. The maximum absolute atomic E-state index is 8.87. The van der Waals surface area contributed by atoms with Gasteiger partial charge in [-0.25, -0.2) is 0 Å². The lowest BCUT2D eigenvalue weighted by molar-refractivity contribution is 0.254. The molecule has 0 aromatic carbocycles. The number of aliphatic hydroxyl groups is 2. The molecule has 0 spiro atoms. The van der Waals surface area contributed by atoms with Crippen molar-refractivity contribution < 1.29 is 10.2 Å². The molecular formula is C39H81NO2. The molecule has 0 fully saturated rings. The highest BCUT2D eigenvalue weighted by atomic mass is 16.3. The predicted octanol–water partition coefficient (Wildman–Crippen LogP) is 12.2. The predicted molar refractivity (Wildman–Crippen MR) is 189 cm³/mol.